The molecule has 0 bridgehead atoms. The summed E-state index contributed by atoms with van der Waals surface area (Å²) >= 11 is 0. The van der Waals surface area contributed by atoms with Crippen LogP contribution in [0.25, 0.3) is 0 Å². The zero-order chi connectivity index (χ0) is 15.8. The number of hydrogen-bond donors (Lipinski definition) is 0. The fourth-order valence-corrected chi connectivity index (χ4v) is 2.90. The number of hydrogen-bond acceptors (Lipinski definition) is 3. The zero-order valence-corrected chi connectivity index (χ0v) is 13.2. The molecule has 0 unspecified atom stereocenters. The molecule has 1 aromatic carbocycles. The van der Waals surface area contributed by atoms with Crippen LogP contribution in [0.15, 0.2) is 18.2 Å². The zero-order valence-electron chi connectivity index (χ0n) is 13.2. The van der Waals surface area contributed by atoms with Gasteiger partial charge in [-0.15, -0.1) is 0 Å². The van der Waals surface area contributed by atoms with Crippen molar-refractivity contribution in [2.75, 3.05) is 20.2 Å². The number of halogens is 1. The van der Waals surface area contributed by atoms with E-state index in [-0.39, 0.29) is 11.5 Å². The molecule has 0 atom stereocenters. The smallest absolute Gasteiger partial charge is 0.257 e. The minimum absolute atomic E-state index is 0.0595. The average molecular weight is 295 g/mol. The lowest BCUT2D eigenvalue weighted by molar-refractivity contribution is -0.171. The molecule has 1 fully saturated rings. The molecule has 0 aliphatic carbocycles. The highest BCUT2D eigenvalue weighted by Gasteiger charge is 2.40. The Kier molecular flexibility index (Phi) is 3.97. The first-order valence-corrected chi connectivity index (χ1v) is 6.96. The van der Waals surface area contributed by atoms with Gasteiger partial charge >= 0.3 is 0 Å². The second-order valence-electron chi connectivity index (χ2n) is 6.63. The standard InChI is InChI=1S/C16H22FNO3/c1-15(2)9-18(10-16(3,4)21-15)14(19)12-7-6-11(20-5)8-13(12)17/h6-8H,9-10H2,1-5H3. The van der Waals surface area contributed by atoms with E-state index in [2.05, 4.69) is 0 Å². The first-order chi connectivity index (χ1) is 9.63. The molecule has 1 amide bonds. The first-order valence-electron chi connectivity index (χ1n) is 6.96. The summed E-state index contributed by atoms with van der Waals surface area (Å²) in [6.45, 7) is 8.58. The van der Waals surface area contributed by atoms with Gasteiger partial charge < -0.3 is 14.4 Å². The molecule has 0 aromatic heterocycles. The molecule has 0 N–H and O–H groups in total. The highest BCUT2D eigenvalue weighted by Crippen LogP contribution is 2.29. The average Bonchev–Trinajstić information content (AvgIpc) is 2.34. The Morgan fingerprint density at radius 2 is 1.81 bits per heavy atom. The number of carbonyl (C=O) groups excluding carboxylic acids is 1. The largest absolute Gasteiger partial charge is 0.497 e. The van der Waals surface area contributed by atoms with Gasteiger partial charge in [0.15, 0.2) is 0 Å². The van der Waals surface area contributed by atoms with Crippen molar-refractivity contribution in [1.29, 1.82) is 0 Å². The van der Waals surface area contributed by atoms with Gasteiger partial charge in [-0.25, -0.2) is 4.39 Å². The van der Waals surface area contributed by atoms with Gasteiger partial charge in [-0.1, -0.05) is 0 Å². The number of carbonyl (C=O) groups is 1. The Labute approximate surface area is 124 Å². The summed E-state index contributed by atoms with van der Waals surface area (Å²) in [7, 11) is 1.46. The molecule has 0 saturated carbocycles. The van der Waals surface area contributed by atoms with Crippen LogP contribution in [0.1, 0.15) is 38.1 Å². The highest BCUT2D eigenvalue weighted by atomic mass is 19.1. The Balaban J connectivity index is 2.27. The van der Waals surface area contributed by atoms with Crippen LogP contribution in [0.3, 0.4) is 0 Å². The number of benzene rings is 1. The van der Waals surface area contributed by atoms with Crippen LogP contribution >= 0.6 is 0 Å². The summed E-state index contributed by atoms with van der Waals surface area (Å²) in [5.41, 5.74) is -0.856. The maximum Gasteiger partial charge on any atom is 0.257 e. The van der Waals surface area contributed by atoms with E-state index in [1.165, 1.54) is 19.2 Å². The lowest BCUT2D eigenvalue weighted by atomic mass is 9.98. The third kappa shape index (κ3) is 3.53. The molecule has 1 aromatic rings. The van der Waals surface area contributed by atoms with Gasteiger partial charge in [0, 0.05) is 19.2 Å². The van der Waals surface area contributed by atoms with Gasteiger partial charge in [0.25, 0.3) is 5.91 Å². The van der Waals surface area contributed by atoms with Crippen LogP contribution in [-0.2, 0) is 4.74 Å². The normalized spacial score (nSPS) is 20.2. The third-order valence-electron chi connectivity index (χ3n) is 3.39. The Morgan fingerprint density at radius 1 is 1.24 bits per heavy atom. The number of rotatable bonds is 2. The number of nitrogens with zero attached hydrogens (tertiary/aromatic N) is 1. The molecule has 2 rings (SSSR count). The molecule has 5 heteroatoms. The SMILES string of the molecule is COc1ccc(C(=O)N2CC(C)(C)OC(C)(C)C2)c(F)c1. The minimum atomic E-state index is -0.568. The van der Waals surface area contributed by atoms with Gasteiger partial charge in [-0.3, -0.25) is 4.79 Å². The second-order valence-corrected chi connectivity index (χ2v) is 6.63. The fourth-order valence-electron chi connectivity index (χ4n) is 2.90. The van der Waals surface area contributed by atoms with Crippen LogP contribution in [0.4, 0.5) is 4.39 Å². The summed E-state index contributed by atoms with van der Waals surface area (Å²) < 4.78 is 25.0. The van der Waals surface area contributed by atoms with Crippen LogP contribution in [0.2, 0.25) is 0 Å². The van der Waals surface area contributed by atoms with Crippen molar-refractivity contribution in [2.45, 2.75) is 38.9 Å². The highest BCUT2D eigenvalue weighted by molar-refractivity contribution is 5.94. The van der Waals surface area contributed by atoms with E-state index in [0.29, 0.717) is 18.8 Å². The van der Waals surface area contributed by atoms with E-state index in [1.54, 1.807) is 11.0 Å². The van der Waals surface area contributed by atoms with E-state index in [0.717, 1.165) is 0 Å². The molecule has 1 aliphatic rings. The molecule has 0 radical (unpaired) electrons. The quantitative estimate of drug-likeness (QED) is 0.842. The second kappa shape index (κ2) is 5.30. The van der Waals surface area contributed by atoms with Crippen LogP contribution < -0.4 is 4.74 Å². The van der Waals surface area contributed by atoms with Gasteiger partial charge in [-0.05, 0) is 39.8 Å². The Hall–Kier alpha value is -1.62. The molecule has 1 heterocycles. The van der Waals surface area contributed by atoms with Crippen molar-refractivity contribution in [3.63, 3.8) is 0 Å². The topological polar surface area (TPSA) is 38.8 Å². The molecule has 1 aliphatic heterocycles. The van der Waals surface area contributed by atoms with E-state index in [4.69, 9.17) is 9.47 Å². The fraction of sp³-hybridized carbons (Fsp3) is 0.562. The Bertz CT molecular complexity index is 538. The van der Waals surface area contributed by atoms with E-state index in [1.807, 2.05) is 27.7 Å². The van der Waals surface area contributed by atoms with Crippen molar-refractivity contribution in [1.82, 2.24) is 4.90 Å². The summed E-state index contributed by atoms with van der Waals surface area (Å²) in [5.74, 6) is -0.493. The minimum Gasteiger partial charge on any atom is -0.497 e. The van der Waals surface area contributed by atoms with Crippen molar-refractivity contribution < 1.29 is 18.7 Å². The summed E-state index contributed by atoms with van der Waals surface area (Å²) in [5, 5.41) is 0. The van der Waals surface area contributed by atoms with Gasteiger partial charge in [0.05, 0.1) is 23.9 Å². The summed E-state index contributed by atoms with van der Waals surface area (Å²) in [4.78, 5) is 14.2. The molecule has 21 heavy (non-hydrogen) atoms. The number of amides is 1. The van der Waals surface area contributed by atoms with Crippen molar-refractivity contribution in [3.8, 4) is 5.75 Å². The molecular weight excluding hydrogens is 273 g/mol. The van der Waals surface area contributed by atoms with Crippen molar-refractivity contribution in [3.05, 3.63) is 29.6 Å². The van der Waals surface area contributed by atoms with E-state index < -0.39 is 17.0 Å². The molecule has 4 nitrogen and oxygen atoms in total. The van der Waals surface area contributed by atoms with Crippen molar-refractivity contribution >= 4 is 5.91 Å². The lowest BCUT2D eigenvalue weighted by Crippen LogP contribution is -2.58. The third-order valence-corrected chi connectivity index (χ3v) is 3.39. The molecule has 0 spiro atoms. The maximum atomic E-state index is 14.1. The van der Waals surface area contributed by atoms with Gasteiger partial charge in [0.1, 0.15) is 11.6 Å². The van der Waals surface area contributed by atoms with Crippen LogP contribution in [-0.4, -0.2) is 42.2 Å². The molecule has 116 valence electrons. The Morgan fingerprint density at radius 3 is 2.29 bits per heavy atom. The lowest BCUT2D eigenvalue weighted by Gasteiger charge is -2.47. The summed E-state index contributed by atoms with van der Waals surface area (Å²) in [6, 6.07) is 4.28. The molecular formula is C16H22FNO3. The predicted molar refractivity (Wildman–Crippen MR) is 78.1 cm³/mol. The van der Waals surface area contributed by atoms with Gasteiger partial charge in [-0.2, -0.15) is 0 Å². The monoisotopic (exact) mass is 295 g/mol. The first kappa shape index (κ1) is 15.8. The summed E-state index contributed by atoms with van der Waals surface area (Å²) in [6.07, 6.45) is 0. The van der Waals surface area contributed by atoms with Crippen LogP contribution in [0, 0.1) is 5.82 Å². The number of morpholine rings is 1. The van der Waals surface area contributed by atoms with Crippen molar-refractivity contribution in [2.24, 2.45) is 0 Å². The van der Waals surface area contributed by atoms with Crippen LogP contribution in [0.5, 0.6) is 5.75 Å². The molecule has 1 saturated heterocycles. The number of methoxy groups -OCH3 is 1. The maximum absolute atomic E-state index is 14.1. The van der Waals surface area contributed by atoms with Gasteiger partial charge in [0.2, 0.25) is 0 Å². The van der Waals surface area contributed by atoms with E-state index in [9.17, 15) is 9.18 Å². The predicted octanol–water partition coefficient (Wildman–Crippen LogP) is 2.86. The number of ether oxygens (including phenoxy) is 2. The van der Waals surface area contributed by atoms with E-state index >= 15 is 0 Å².